The van der Waals surface area contributed by atoms with Crippen LogP contribution in [0.15, 0.2) is 11.8 Å². The summed E-state index contributed by atoms with van der Waals surface area (Å²) in [5.41, 5.74) is -0.620. The molecule has 5 aliphatic rings. The molecular formula is C23H31NO8. The minimum Gasteiger partial charge on any atom is -0.481 e. The number of hydrogen-bond acceptors (Lipinski definition) is 8. The number of aliphatic hydroxyl groups excluding tert-OH is 1. The van der Waals surface area contributed by atoms with Gasteiger partial charge >= 0.3 is 17.9 Å². The summed E-state index contributed by atoms with van der Waals surface area (Å²) < 4.78 is 17.2. The molecule has 0 aromatic carbocycles. The molecule has 8 atom stereocenters. The van der Waals surface area contributed by atoms with Crippen LogP contribution in [0, 0.1) is 23.7 Å². The molecule has 176 valence electrons. The fraction of sp³-hybridized carbons (Fsp3) is 0.783. The lowest BCUT2D eigenvalue weighted by Crippen LogP contribution is -2.54. The van der Waals surface area contributed by atoms with E-state index in [1.807, 2.05) is 6.92 Å². The van der Waals surface area contributed by atoms with E-state index in [9.17, 15) is 19.5 Å². The number of epoxide rings is 1. The number of carboxylic acid groups (broad SMARTS) is 1. The van der Waals surface area contributed by atoms with Crippen LogP contribution in [0.3, 0.4) is 0 Å². The Labute approximate surface area is 186 Å². The summed E-state index contributed by atoms with van der Waals surface area (Å²) in [5, 5.41) is 20.3. The van der Waals surface area contributed by atoms with Gasteiger partial charge < -0.3 is 24.4 Å². The Morgan fingerprint density at radius 1 is 1.25 bits per heavy atom. The highest BCUT2D eigenvalue weighted by atomic mass is 16.6. The van der Waals surface area contributed by atoms with Crippen LogP contribution in [0.4, 0.5) is 0 Å². The van der Waals surface area contributed by atoms with E-state index in [0.717, 1.165) is 12.8 Å². The summed E-state index contributed by atoms with van der Waals surface area (Å²) in [7, 11) is 0. The summed E-state index contributed by atoms with van der Waals surface area (Å²) in [6.07, 6.45) is 2.89. The van der Waals surface area contributed by atoms with Crippen molar-refractivity contribution in [3.8, 4) is 0 Å². The van der Waals surface area contributed by atoms with E-state index < -0.39 is 53.7 Å². The number of carbonyl (C=O) groups is 3. The Morgan fingerprint density at radius 3 is 2.66 bits per heavy atom. The first-order valence-electron chi connectivity index (χ1n) is 11.6. The molecule has 5 rings (SSSR count). The number of aliphatic carboxylic acids is 1. The maximum atomic E-state index is 13.0. The molecule has 0 saturated carbocycles. The number of rotatable bonds is 4. The van der Waals surface area contributed by atoms with Crippen molar-refractivity contribution in [1.82, 2.24) is 4.90 Å². The molecule has 0 aromatic rings. The summed E-state index contributed by atoms with van der Waals surface area (Å²) in [4.78, 5) is 38.3. The van der Waals surface area contributed by atoms with Crippen molar-refractivity contribution in [2.75, 3.05) is 13.1 Å². The zero-order valence-corrected chi connectivity index (χ0v) is 18.4. The molecule has 1 aliphatic carbocycles. The summed E-state index contributed by atoms with van der Waals surface area (Å²) in [6, 6.07) is -0.489. The van der Waals surface area contributed by atoms with Crippen LogP contribution in [0.1, 0.15) is 46.0 Å². The molecule has 8 unspecified atom stereocenters. The second-order valence-electron chi connectivity index (χ2n) is 10.3. The number of hydrogen-bond donors (Lipinski definition) is 2. The fourth-order valence-electron chi connectivity index (χ4n) is 6.23. The molecule has 0 spiro atoms. The van der Waals surface area contributed by atoms with E-state index in [4.69, 9.17) is 19.3 Å². The van der Waals surface area contributed by atoms with E-state index in [1.165, 1.54) is 0 Å². The third kappa shape index (κ3) is 3.64. The van der Waals surface area contributed by atoms with Crippen molar-refractivity contribution >= 4 is 17.9 Å². The number of aliphatic hydroxyl groups is 1. The Morgan fingerprint density at radius 2 is 1.97 bits per heavy atom. The van der Waals surface area contributed by atoms with E-state index >= 15 is 0 Å². The van der Waals surface area contributed by atoms with Gasteiger partial charge in [0.1, 0.15) is 18.0 Å². The van der Waals surface area contributed by atoms with Gasteiger partial charge in [-0.25, -0.2) is 0 Å². The molecule has 3 saturated heterocycles. The summed E-state index contributed by atoms with van der Waals surface area (Å²) in [5.74, 6) is -2.10. The van der Waals surface area contributed by atoms with Crippen LogP contribution in [-0.2, 0) is 28.6 Å². The smallest absolute Gasteiger partial charge is 0.319 e. The number of carbonyl (C=O) groups excluding carboxylic acids is 2. The first kappa shape index (κ1) is 21.9. The van der Waals surface area contributed by atoms with Gasteiger partial charge in [0, 0.05) is 12.8 Å². The molecular weight excluding hydrogens is 418 g/mol. The quantitative estimate of drug-likeness (QED) is 0.479. The molecule has 0 aromatic heterocycles. The van der Waals surface area contributed by atoms with Crippen LogP contribution in [-0.4, -0.2) is 76.1 Å². The van der Waals surface area contributed by atoms with Gasteiger partial charge in [0.05, 0.1) is 35.5 Å². The Bertz CT molecular complexity index is 849. The van der Waals surface area contributed by atoms with Crippen molar-refractivity contribution in [1.29, 1.82) is 0 Å². The molecule has 2 N–H and O–H groups in total. The standard InChI is InChI=1S/C23H31NO8/c1-11-17-14-9-13(22(29)30-14)18(24-7-5-12(6-8-24)3-4-16(25)26)19(27)20-23(2,32-20)10-15(17)31-21(11)28/h9,11-13,15,17-20,27H,3-8,10H2,1-2H3,(H,25,26). The lowest BCUT2D eigenvalue weighted by atomic mass is 9.79. The lowest BCUT2D eigenvalue weighted by molar-refractivity contribution is -0.145. The molecule has 0 radical (unpaired) electrons. The van der Waals surface area contributed by atoms with Crippen molar-refractivity contribution in [3.05, 3.63) is 11.8 Å². The molecule has 9 nitrogen and oxygen atoms in total. The van der Waals surface area contributed by atoms with Crippen molar-refractivity contribution in [3.63, 3.8) is 0 Å². The van der Waals surface area contributed by atoms with Crippen LogP contribution in [0.2, 0.25) is 0 Å². The Balaban J connectivity index is 1.41. The first-order chi connectivity index (χ1) is 15.2. The lowest BCUT2D eigenvalue weighted by Gasteiger charge is -2.41. The number of piperidine rings is 1. The Kier molecular flexibility index (Phi) is 5.34. The highest BCUT2D eigenvalue weighted by Gasteiger charge is 2.64. The van der Waals surface area contributed by atoms with Crippen molar-refractivity contribution in [2.24, 2.45) is 23.7 Å². The normalized spacial score (nSPS) is 44.2. The third-order valence-electron chi connectivity index (χ3n) is 8.15. The number of fused-ring (bicyclic) bond motifs is 4. The second kappa shape index (κ2) is 7.81. The van der Waals surface area contributed by atoms with Gasteiger partial charge in [-0.3, -0.25) is 19.3 Å². The summed E-state index contributed by atoms with van der Waals surface area (Å²) >= 11 is 0. The number of nitrogens with zero attached hydrogens (tertiary/aromatic N) is 1. The predicted molar refractivity (Wildman–Crippen MR) is 109 cm³/mol. The minimum absolute atomic E-state index is 0.160. The van der Waals surface area contributed by atoms with Gasteiger partial charge in [0.15, 0.2) is 0 Å². The third-order valence-corrected chi connectivity index (χ3v) is 8.15. The molecule has 9 heteroatoms. The molecule has 2 bridgehead atoms. The van der Waals surface area contributed by atoms with E-state index in [0.29, 0.717) is 37.6 Å². The number of likely N-dealkylation sites (tertiary alicyclic amines) is 1. The fourth-order valence-corrected chi connectivity index (χ4v) is 6.23. The van der Waals surface area contributed by atoms with Crippen LogP contribution < -0.4 is 0 Å². The first-order valence-corrected chi connectivity index (χ1v) is 11.6. The van der Waals surface area contributed by atoms with Gasteiger partial charge in [-0.1, -0.05) is 6.92 Å². The zero-order valence-electron chi connectivity index (χ0n) is 18.4. The Hall–Kier alpha value is -1.97. The van der Waals surface area contributed by atoms with Gasteiger partial charge in [-0.15, -0.1) is 0 Å². The zero-order chi connectivity index (χ0) is 22.8. The average Bonchev–Trinajstić information content (AvgIpc) is 3.15. The highest BCUT2D eigenvalue weighted by Crippen LogP contribution is 2.51. The molecule has 32 heavy (non-hydrogen) atoms. The second-order valence-corrected chi connectivity index (χ2v) is 10.3. The topological polar surface area (TPSA) is 126 Å². The number of carboxylic acids is 1. The molecule has 3 fully saturated rings. The van der Waals surface area contributed by atoms with E-state index in [1.54, 1.807) is 13.0 Å². The molecule has 0 amide bonds. The number of ether oxygens (including phenoxy) is 3. The van der Waals surface area contributed by atoms with E-state index in [-0.39, 0.29) is 18.3 Å². The number of esters is 2. The predicted octanol–water partition coefficient (Wildman–Crippen LogP) is 1.09. The van der Waals surface area contributed by atoms with Crippen molar-refractivity contribution in [2.45, 2.75) is 75.9 Å². The minimum atomic E-state index is -0.894. The maximum Gasteiger partial charge on any atom is 0.319 e. The van der Waals surface area contributed by atoms with Gasteiger partial charge in [0.2, 0.25) is 0 Å². The van der Waals surface area contributed by atoms with Crippen molar-refractivity contribution < 1.29 is 38.8 Å². The van der Waals surface area contributed by atoms with Gasteiger partial charge in [-0.05, 0) is 51.3 Å². The summed E-state index contributed by atoms with van der Waals surface area (Å²) in [6.45, 7) is 5.06. The van der Waals surface area contributed by atoms with E-state index in [2.05, 4.69) is 4.90 Å². The van der Waals surface area contributed by atoms with Gasteiger partial charge in [0.25, 0.3) is 0 Å². The SMILES string of the molecule is CC1C(=O)OC2CC3(C)OC3C(O)C(N3CCC(CCC(=O)O)CC3)C3C=C(OC3=O)C21. The maximum absolute atomic E-state index is 13.0. The van der Waals surface area contributed by atoms with Crippen LogP contribution in [0.5, 0.6) is 0 Å². The van der Waals surface area contributed by atoms with Crippen LogP contribution in [0.25, 0.3) is 0 Å². The largest absolute Gasteiger partial charge is 0.481 e. The molecule has 4 heterocycles. The molecule has 4 aliphatic heterocycles. The highest BCUT2D eigenvalue weighted by molar-refractivity contribution is 5.81. The van der Waals surface area contributed by atoms with Gasteiger partial charge in [-0.2, -0.15) is 0 Å². The van der Waals surface area contributed by atoms with Crippen LogP contribution >= 0.6 is 0 Å². The monoisotopic (exact) mass is 449 g/mol. The average molecular weight is 450 g/mol.